The molecule has 0 radical (unpaired) electrons. The van der Waals surface area contributed by atoms with Gasteiger partial charge in [-0.15, -0.1) is 5.92 Å². The monoisotopic (exact) mass is 466 g/mol. The largest absolute Gasteiger partial charge is 0.372 e. The van der Waals surface area contributed by atoms with Gasteiger partial charge in [-0.2, -0.15) is 0 Å². The van der Waals surface area contributed by atoms with Crippen LogP contribution in [0.1, 0.15) is 44.7 Å². The number of ketones is 1. The molecule has 1 fully saturated rings. The molecular formula is C28H34O6. The molecule has 1 aliphatic rings. The summed E-state index contributed by atoms with van der Waals surface area (Å²) in [5.41, 5.74) is -1.41. The Balaban J connectivity index is 1.70. The molecule has 0 bridgehead atoms. The maximum absolute atomic E-state index is 12.9. The van der Waals surface area contributed by atoms with E-state index in [0.29, 0.717) is 26.1 Å². The molecule has 182 valence electrons. The zero-order chi connectivity index (χ0) is 24.4. The van der Waals surface area contributed by atoms with Crippen LogP contribution in [-0.4, -0.2) is 41.8 Å². The second-order valence-corrected chi connectivity index (χ2v) is 8.68. The number of carbonyl (C=O) groups is 1. The predicted molar refractivity (Wildman–Crippen MR) is 128 cm³/mol. The van der Waals surface area contributed by atoms with Crippen LogP contribution in [0.2, 0.25) is 0 Å². The summed E-state index contributed by atoms with van der Waals surface area (Å²) in [7, 11) is 0. The summed E-state index contributed by atoms with van der Waals surface area (Å²) in [6.07, 6.45) is 0.158. The van der Waals surface area contributed by atoms with Crippen molar-refractivity contribution in [3.05, 3.63) is 71.8 Å². The first kappa shape index (κ1) is 26.1. The van der Waals surface area contributed by atoms with E-state index in [1.807, 2.05) is 67.6 Å². The molecule has 0 amide bonds. The summed E-state index contributed by atoms with van der Waals surface area (Å²) in [5.74, 6) is 5.26. The molecule has 1 saturated carbocycles. The van der Waals surface area contributed by atoms with Crippen molar-refractivity contribution in [2.75, 3.05) is 13.6 Å². The van der Waals surface area contributed by atoms with Gasteiger partial charge in [0.1, 0.15) is 19.7 Å². The number of aliphatic hydroxyl groups is 1. The zero-order valence-corrected chi connectivity index (χ0v) is 20.2. The lowest BCUT2D eigenvalue weighted by molar-refractivity contribution is -0.267. The summed E-state index contributed by atoms with van der Waals surface area (Å²) in [4.78, 5) is 12.9. The van der Waals surface area contributed by atoms with Crippen LogP contribution >= 0.6 is 0 Å². The van der Waals surface area contributed by atoms with Gasteiger partial charge in [0.05, 0.1) is 13.2 Å². The molecule has 34 heavy (non-hydrogen) atoms. The fraction of sp³-hybridized carbons (Fsp3) is 0.464. The van der Waals surface area contributed by atoms with E-state index in [9.17, 15) is 9.90 Å². The maximum atomic E-state index is 12.9. The van der Waals surface area contributed by atoms with E-state index in [0.717, 1.165) is 11.1 Å². The zero-order valence-electron chi connectivity index (χ0n) is 20.2. The third kappa shape index (κ3) is 5.93. The molecule has 1 N–H and O–H groups in total. The van der Waals surface area contributed by atoms with E-state index in [1.165, 1.54) is 6.92 Å². The van der Waals surface area contributed by atoms with Gasteiger partial charge in [-0.25, -0.2) is 0 Å². The second kappa shape index (κ2) is 12.3. The van der Waals surface area contributed by atoms with Gasteiger partial charge >= 0.3 is 0 Å². The van der Waals surface area contributed by atoms with Crippen molar-refractivity contribution in [3.63, 3.8) is 0 Å². The van der Waals surface area contributed by atoms with Crippen LogP contribution in [0.4, 0.5) is 0 Å². The quantitative estimate of drug-likeness (QED) is 0.303. The number of benzene rings is 2. The third-order valence-corrected chi connectivity index (χ3v) is 6.32. The predicted octanol–water partition coefficient (Wildman–Crippen LogP) is 4.25. The lowest BCUT2D eigenvalue weighted by Gasteiger charge is -2.51. The van der Waals surface area contributed by atoms with Crippen LogP contribution < -0.4 is 0 Å². The van der Waals surface area contributed by atoms with Crippen molar-refractivity contribution in [2.45, 2.75) is 64.1 Å². The van der Waals surface area contributed by atoms with E-state index in [1.54, 1.807) is 6.92 Å². The van der Waals surface area contributed by atoms with Gasteiger partial charge in [0.15, 0.2) is 17.0 Å². The van der Waals surface area contributed by atoms with E-state index >= 15 is 0 Å². The Labute approximate surface area is 202 Å². The van der Waals surface area contributed by atoms with Crippen LogP contribution in [0, 0.1) is 17.8 Å². The molecular weight excluding hydrogens is 432 g/mol. The minimum Gasteiger partial charge on any atom is -0.372 e. The number of hydrogen-bond acceptors (Lipinski definition) is 6. The van der Waals surface area contributed by atoms with Crippen LogP contribution in [0.5, 0.6) is 0 Å². The molecule has 0 heterocycles. The Hall–Kier alpha value is -2.53. The van der Waals surface area contributed by atoms with Crippen LogP contribution in [-0.2, 0) is 37.0 Å². The molecule has 1 aliphatic carbocycles. The van der Waals surface area contributed by atoms with Crippen molar-refractivity contribution in [1.29, 1.82) is 0 Å². The van der Waals surface area contributed by atoms with Crippen molar-refractivity contribution in [3.8, 4) is 11.8 Å². The Morgan fingerprint density at radius 2 is 1.56 bits per heavy atom. The van der Waals surface area contributed by atoms with Gasteiger partial charge in [0, 0.05) is 0 Å². The summed E-state index contributed by atoms with van der Waals surface area (Å²) in [6.45, 7) is 5.51. The average Bonchev–Trinajstić information content (AvgIpc) is 2.84. The third-order valence-electron chi connectivity index (χ3n) is 6.32. The number of ether oxygens (including phenoxy) is 4. The van der Waals surface area contributed by atoms with E-state index < -0.39 is 17.3 Å². The molecule has 3 rings (SSSR count). The Kier molecular flexibility index (Phi) is 9.40. The van der Waals surface area contributed by atoms with Crippen molar-refractivity contribution in [1.82, 2.24) is 0 Å². The number of rotatable bonds is 11. The van der Waals surface area contributed by atoms with Gasteiger partial charge in [-0.3, -0.25) is 4.79 Å². The van der Waals surface area contributed by atoms with E-state index in [-0.39, 0.29) is 25.3 Å². The summed E-state index contributed by atoms with van der Waals surface area (Å²) in [6, 6.07) is 19.4. The normalized spacial score (nSPS) is 26.5. The highest BCUT2D eigenvalue weighted by Crippen LogP contribution is 2.45. The molecule has 0 aliphatic heterocycles. The summed E-state index contributed by atoms with van der Waals surface area (Å²) in [5, 5.41) is 11.9. The molecule has 4 atom stereocenters. The molecule has 2 aromatic carbocycles. The summed E-state index contributed by atoms with van der Waals surface area (Å²) < 4.78 is 23.4. The first-order valence-electron chi connectivity index (χ1n) is 11.6. The smallest absolute Gasteiger partial charge is 0.188 e. The topological polar surface area (TPSA) is 74.2 Å². The van der Waals surface area contributed by atoms with Crippen molar-refractivity contribution < 1.29 is 28.8 Å². The van der Waals surface area contributed by atoms with Crippen molar-refractivity contribution in [2.24, 2.45) is 5.92 Å². The van der Waals surface area contributed by atoms with Gasteiger partial charge in [0.25, 0.3) is 0 Å². The van der Waals surface area contributed by atoms with Crippen LogP contribution in [0.15, 0.2) is 60.7 Å². The second-order valence-electron chi connectivity index (χ2n) is 8.68. The van der Waals surface area contributed by atoms with E-state index in [2.05, 4.69) is 11.8 Å². The van der Waals surface area contributed by atoms with E-state index in [4.69, 9.17) is 18.9 Å². The molecule has 6 heteroatoms. The van der Waals surface area contributed by atoms with Gasteiger partial charge < -0.3 is 24.1 Å². The molecule has 0 saturated heterocycles. The highest BCUT2D eigenvalue weighted by Gasteiger charge is 2.63. The lowest BCUT2D eigenvalue weighted by atomic mass is 9.64. The van der Waals surface area contributed by atoms with Gasteiger partial charge in [-0.05, 0) is 43.7 Å². The fourth-order valence-electron chi connectivity index (χ4n) is 4.52. The molecule has 6 nitrogen and oxygen atoms in total. The molecule has 4 unspecified atom stereocenters. The number of carbonyl (C=O) groups excluding carboxylic acids is 1. The Morgan fingerprint density at radius 1 is 1.00 bits per heavy atom. The molecule has 0 aromatic heterocycles. The average molecular weight is 467 g/mol. The van der Waals surface area contributed by atoms with Crippen LogP contribution in [0.25, 0.3) is 0 Å². The maximum Gasteiger partial charge on any atom is 0.188 e. The van der Waals surface area contributed by atoms with Crippen molar-refractivity contribution >= 4 is 5.78 Å². The van der Waals surface area contributed by atoms with Gasteiger partial charge in [0.2, 0.25) is 0 Å². The summed E-state index contributed by atoms with van der Waals surface area (Å²) >= 11 is 0. The minimum absolute atomic E-state index is 0.0455. The lowest BCUT2D eigenvalue weighted by Crippen LogP contribution is -2.70. The highest BCUT2D eigenvalue weighted by atomic mass is 16.7. The van der Waals surface area contributed by atoms with Gasteiger partial charge in [-0.1, -0.05) is 73.5 Å². The SMILES string of the molecule is CC#CC1(O)C(OCOCc2ccccc2)C(C)CCC1(OCOCc1ccccc1)C(C)=O. The highest BCUT2D eigenvalue weighted by molar-refractivity contribution is 5.88. The Bertz CT molecular complexity index is 967. The Morgan fingerprint density at radius 3 is 2.09 bits per heavy atom. The minimum atomic E-state index is -1.85. The standard InChI is InChI=1S/C28H34O6/c1-4-16-27(30)26(33-20-31-18-24-11-7-5-8-12-24)22(2)15-17-28(27,23(3)29)34-21-32-19-25-13-9-6-10-14-25/h5-14,22,26,30H,15,17-21H2,1-3H3. The fourth-order valence-corrected chi connectivity index (χ4v) is 4.52. The first-order chi connectivity index (χ1) is 16.4. The first-order valence-corrected chi connectivity index (χ1v) is 11.6. The molecule has 2 aromatic rings. The number of hydrogen-bond donors (Lipinski definition) is 1. The number of Topliss-reactive ketones (excluding diaryl/α,β-unsaturated/α-hetero) is 1. The van der Waals surface area contributed by atoms with Crippen LogP contribution in [0.3, 0.4) is 0 Å². The molecule has 0 spiro atoms.